The molecule has 0 aromatic heterocycles. The molecule has 9 heteroatoms. The standard InChI is InChI=1S/C35H38ClN3O4S/c1-4-27(3)37-35(41)33(23-28-16-7-5-8-17-28)38(24-29-18-12-13-21-31(29)36)34(40)25-39(32-22-14-11-15-26(32)2)44(42,43)30-19-9-6-10-20-30/h5-22,27,33H,4,23-25H2,1-3H3,(H,37,41)/t27-,33+/m1/s1. The molecule has 0 heterocycles. The Balaban J connectivity index is 1.82. The molecule has 0 aliphatic rings. The highest BCUT2D eigenvalue weighted by atomic mass is 35.5. The van der Waals surface area contributed by atoms with Crippen molar-refractivity contribution in [2.45, 2.75) is 57.1 Å². The van der Waals surface area contributed by atoms with Crippen molar-refractivity contribution < 1.29 is 18.0 Å². The molecule has 230 valence electrons. The Bertz CT molecular complexity index is 1670. The summed E-state index contributed by atoms with van der Waals surface area (Å²) < 4.78 is 29.3. The summed E-state index contributed by atoms with van der Waals surface area (Å²) in [5, 5.41) is 3.48. The highest BCUT2D eigenvalue weighted by molar-refractivity contribution is 7.92. The number of nitrogens with one attached hydrogen (secondary N) is 1. The Morgan fingerprint density at radius 3 is 2.07 bits per heavy atom. The number of nitrogens with zero attached hydrogens (tertiary/aromatic N) is 2. The molecular formula is C35H38ClN3O4S. The summed E-state index contributed by atoms with van der Waals surface area (Å²) >= 11 is 6.55. The average molecular weight is 632 g/mol. The van der Waals surface area contributed by atoms with Crippen LogP contribution in [0.1, 0.15) is 37.0 Å². The van der Waals surface area contributed by atoms with Crippen LogP contribution < -0.4 is 9.62 Å². The predicted molar refractivity (Wildman–Crippen MR) is 176 cm³/mol. The van der Waals surface area contributed by atoms with Crippen LogP contribution >= 0.6 is 11.6 Å². The number of halogens is 1. The third-order valence-electron chi connectivity index (χ3n) is 7.56. The van der Waals surface area contributed by atoms with E-state index in [1.807, 2.05) is 56.3 Å². The van der Waals surface area contributed by atoms with Crippen LogP contribution in [0.3, 0.4) is 0 Å². The number of hydrogen-bond acceptors (Lipinski definition) is 4. The summed E-state index contributed by atoms with van der Waals surface area (Å²) in [5.74, 6) is -0.857. The fourth-order valence-electron chi connectivity index (χ4n) is 4.88. The topological polar surface area (TPSA) is 86.8 Å². The zero-order chi connectivity index (χ0) is 31.7. The number of hydrogen-bond donors (Lipinski definition) is 1. The minimum atomic E-state index is -4.15. The second kappa shape index (κ2) is 15.0. The van der Waals surface area contributed by atoms with Gasteiger partial charge in [-0.25, -0.2) is 8.42 Å². The Labute approximate surface area is 265 Å². The van der Waals surface area contributed by atoms with Crippen molar-refractivity contribution in [3.8, 4) is 0 Å². The lowest BCUT2D eigenvalue weighted by Crippen LogP contribution is -2.54. The maximum atomic E-state index is 14.5. The summed E-state index contributed by atoms with van der Waals surface area (Å²) in [5.41, 5.74) is 2.57. The molecular weight excluding hydrogens is 594 g/mol. The van der Waals surface area contributed by atoms with Gasteiger partial charge in [0.25, 0.3) is 10.0 Å². The zero-order valence-electron chi connectivity index (χ0n) is 25.2. The van der Waals surface area contributed by atoms with Gasteiger partial charge in [-0.3, -0.25) is 13.9 Å². The van der Waals surface area contributed by atoms with Gasteiger partial charge in [-0.15, -0.1) is 0 Å². The first-order valence-electron chi connectivity index (χ1n) is 14.6. The van der Waals surface area contributed by atoms with Crippen LogP contribution in [0.5, 0.6) is 0 Å². The molecule has 7 nitrogen and oxygen atoms in total. The number of amides is 2. The van der Waals surface area contributed by atoms with Crippen molar-refractivity contribution in [1.82, 2.24) is 10.2 Å². The lowest BCUT2D eigenvalue weighted by Gasteiger charge is -2.34. The van der Waals surface area contributed by atoms with E-state index in [2.05, 4.69) is 5.32 Å². The highest BCUT2D eigenvalue weighted by Gasteiger charge is 2.35. The lowest BCUT2D eigenvalue weighted by atomic mass is 10.0. The average Bonchev–Trinajstić information content (AvgIpc) is 3.03. The molecule has 2 amide bonds. The first-order valence-corrected chi connectivity index (χ1v) is 16.4. The number of rotatable bonds is 13. The molecule has 0 saturated carbocycles. The van der Waals surface area contributed by atoms with Gasteiger partial charge >= 0.3 is 0 Å². The Kier molecular flexibility index (Phi) is 11.2. The molecule has 1 N–H and O–H groups in total. The van der Waals surface area contributed by atoms with Crippen molar-refractivity contribution >= 4 is 39.1 Å². The molecule has 4 aromatic carbocycles. The third-order valence-corrected chi connectivity index (χ3v) is 9.71. The SMILES string of the molecule is CC[C@@H](C)NC(=O)[C@H](Cc1ccccc1)N(Cc1ccccc1Cl)C(=O)CN(c1ccccc1C)S(=O)(=O)c1ccccc1. The van der Waals surface area contributed by atoms with Gasteiger partial charge in [-0.1, -0.05) is 103 Å². The summed E-state index contributed by atoms with van der Waals surface area (Å²) in [6, 6.07) is 30.6. The minimum Gasteiger partial charge on any atom is -0.352 e. The van der Waals surface area contributed by atoms with Gasteiger partial charge in [0.1, 0.15) is 12.6 Å². The second-order valence-electron chi connectivity index (χ2n) is 10.7. The van der Waals surface area contributed by atoms with Crippen LogP contribution in [0.15, 0.2) is 114 Å². The lowest BCUT2D eigenvalue weighted by molar-refractivity contribution is -0.140. The molecule has 0 fully saturated rings. The van der Waals surface area contributed by atoms with E-state index < -0.39 is 28.5 Å². The molecule has 4 rings (SSSR count). The van der Waals surface area contributed by atoms with E-state index in [4.69, 9.17) is 11.6 Å². The van der Waals surface area contributed by atoms with Crippen molar-refractivity contribution in [3.63, 3.8) is 0 Å². The van der Waals surface area contributed by atoms with Gasteiger partial charge < -0.3 is 10.2 Å². The van der Waals surface area contributed by atoms with E-state index >= 15 is 0 Å². The maximum Gasteiger partial charge on any atom is 0.264 e. The molecule has 0 saturated heterocycles. The van der Waals surface area contributed by atoms with Crippen molar-refractivity contribution in [2.75, 3.05) is 10.8 Å². The fraction of sp³-hybridized carbons (Fsp3) is 0.257. The fourth-order valence-corrected chi connectivity index (χ4v) is 6.58. The summed E-state index contributed by atoms with van der Waals surface area (Å²) in [7, 11) is -4.15. The van der Waals surface area contributed by atoms with E-state index in [1.54, 1.807) is 61.5 Å². The third kappa shape index (κ3) is 8.07. The number of aryl methyl sites for hydroxylation is 1. The van der Waals surface area contributed by atoms with Gasteiger partial charge in [-0.05, 0) is 61.2 Å². The number of benzene rings is 4. The van der Waals surface area contributed by atoms with Crippen LogP contribution in [-0.4, -0.2) is 43.8 Å². The monoisotopic (exact) mass is 631 g/mol. The van der Waals surface area contributed by atoms with Crippen LogP contribution in [0.25, 0.3) is 0 Å². The van der Waals surface area contributed by atoms with E-state index in [0.29, 0.717) is 28.3 Å². The van der Waals surface area contributed by atoms with Gasteiger partial charge in [0.05, 0.1) is 10.6 Å². The molecule has 0 bridgehead atoms. The van der Waals surface area contributed by atoms with Gasteiger partial charge in [0.15, 0.2) is 0 Å². The number of para-hydroxylation sites is 1. The summed E-state index contributed by atoms with van der Waals surface area (Å²) in [6.45, 7) is 5.17. The summed E-state index contributed by atoms with van der Waals surface area (Å²) in [6.07, 6.45) is 0.938. The molecule has 0 aliphatic heterocycles. The number of anilines is 1. The van der Waals surface area contributed by atoms with Gasteiger partial charge in [-0.2, -0.15) is 0 Å². The summed E-state index contributed by atoms with van der Waals surface area (Å²) in [4.78, 5) is 29.9. The number of carbonyl (C=O) groups excluding carboxylic acids is 2. The van der Waals surface area contributed by atoms with Crippen LogP contribution in [-0.2, 0) is 32.6 Å². The molecule has 0 unspecified atom stereocenters. The molecule has 44 heavy (non-hydrogen) atoms. The number of sulfonamides is 1. The van der Waals surface area contributed by atoms with Gasteiger partial charge in [0, 0.05) is 24.0 Å². The predicted octanol–water partition coefficient (Wildman–Crippen LogP) is 6.40. The Morgan fingerprint density at radius 1 is 0.841 bits per heavy atom. The van der Waals surface area contributed by atoms with E-state index in [0.717, 1.165) is 9.87 Å². The van der Waals surface area contributed by atoms with Crippen molar-refractivity contribution in [3.05, 3.63) is 131 Å². The van der Waals surface area contributed by atoms with Crippen molar-refractivity contribution in [1.29, 1.82) is 0 Å². The number of carbonyl (C=O) groups is 2. The first-order chi connectivity index (χ1) is 21.1. The van der Waals surface area contributed by atoms with E-state index in [-0.39, 0.29) is 29.8 Å². The Hall–Kier alpha value is -4.14. The normalized spacial score (nSPS) is 12.6. The first kappa shape index (κ1) is 32.8. The molecule has 0 radical (unpaired) electrons. The molecule has 0 aliphatic carbocycles. The van der Waals surface area contributed by atoms with E-state index in [9.17, 15) is 18.0 Å². The molecule has 4 aromatic rings. The molecule has 2 atom stereocenters. The quantitative estimate of drug-likeness (QED) is 0.185. The van der Waals surface area contributed by atoms with E-state index in [1.165, 1.54) is 17.0 Å². The van der Waals surface area contributed by atoms with Crippen molar-refractivity contribution in [2.24, 2.45) is 0 Å². The largest absolute Gasteiger partial charge is 0.352 e. The minimum absolute atomic E-state index is 0.0108. The highest BCUT2D eigenvalue weighted by Crippen LogP contribution is 2.28. The van der Waals surface area contributed by atoms with Crippen LogP contribution in [0.4, 0.5) is 5.69 Å². The molecule has 0 spiro atoms. The zero-order valence-corrected chi connectivity index (χ0v) is 26.8. The van der Waals surface area contributed by atoms with Crippen LogP contribution in [0.2, 0.25) is 5.02 Å². The Morgan fingerprint density at radius 2 is 1.43 bits per heavy atom. The smallest absolute Gasteiger partial charge is 0.264 e. The maximum absolute atomic E-state index is 14.5. The second-order valence-corrected chi connectivity index (χ2v) is 13.0. The van der Waals surface area contributed by atoms with Crippen LogP contribution in [0, 0.1) is 6.92 Å². The van der Waals surface area contributed by atoms with Gasteiger partial charge in [0.2, 0.25) is 11.8 Å².